The molecule has 1 saturated heterocycles. The van der Waals surface area contributed by atoms with E-state index < -0.39 is 0 Å². The number of benzene rings is 2. The Morgan fingerprint density at radius 1 is 1.03 bits per heavy atom. The summed E-state index contributed by atoms with van der Waals surface area (Å²) in [6.07, 6.45) is 5.63. The Morgan fingerprint density at radius 3 is 2.56 bits per heavy atom. The number of hydrogen-bond acceptors (Lipinski definition) is 4. The van der Waals surface area contributed by atoms with Gasteiger partial charge in [-0.25, -0.2) is 0 Å². The Labute approximate surface area is 211 Å². The zero-order chi connectivity index (χ0) is 22.2. The fourth-order valence-corrected chi connectivity index (χ4v) is 5.54. The molecule has 32 heavy (non-hydrogen) atoms. The first kappa shape index (κ1) is 21.7. The maximum absolute atomic E-state index is 13.1. The number of carbonyl (C=O) groups excluding carboxylic acids is 1. The van der Waals surface area contributed by atoms with Gasteiger partial charge in [-0.3, -0.25) is 9.69 Å². The third-order valence-electron chi connectivity index (χ3n) is 5.19. The van der Waals surface area contributed by atoms with E-state index in [9.17, 15) is 4.79 Å². The molecule has 0 unspecified atom stereocenters. The minimum absolute atomic E-state index is 0.0970. The molecule has 5 rings (SSSR count). The lowest BCUT2D eigenvalue weighted by atomic mass is 10.1. The lowest BCUT2D eigenvalue weighted by Gasteiger charge is -2.11. The smallest absolute Gasteiger partial charge is 0.266 e. The third kappa shape index (κ3) is 4.37. The highest BCUT2D eigenvalue weighted by atomic mass is 79.9. The van der Waals surface area contributed by atoms with E-state index in [1.165, 1.54) is 17.3 Å². The summed E-state index contributed by atoms with van der Waals surface area (Å²) in [6.45, 7) is 1.07. The number of thioether (sulfide) groups is 1. The minimum atomic E-state index is -0.0970. The first-order valence-electron chi connectivity index (χ1n) is 9.78. The largest absolute Gasteiger partial charge is 0.467 e. The predicted molar refractivity (Wildman–Crippen MR) is 140 cm³/mol. The SMILES string of the molecule is O=C1/C(=C/c2cn(Cc3ccc(Br)cc3)c3ccc(Br)cc23)SC(=S)N1Cc1ccco1. The molecule has 1 amide bonds. The Hall–Kier alpha value is -2.13. The van der Waals surface area contributed by atoms with E-state index in [0.29, 0.717) is 21.5 Å². The number of furan rings is 1. The Morgan fingerprint density at radius 2 is 1.81 bits per heavy atom. The summed E-state index contributed by atoms with van der Waals surface area (Å²) in [5, 5.41) is 1.08. The number of carbonyl (C=O) groups is 1. The first-order valence-corrected chi connectivity index (χ1v) is 12.6. The highest BCUT2D eigenvalue weighted by Gasteiger charge is 2.32. The van der Waals surface area contributed by atoms with Crippen molar-refractivity contribution >= 4 is 83.0 Å². The molecule has 0 aliphatic carbocycles. The molecule has 2 aromatic heterocycles. The van der Waals surface area contributed by atoms with E-state index in [1.54, 1.807) is 17.2 Å². The van der Waals surface area contributed by atoms with Gasteiger partial charge < -0.3 is 8.98 Å². The number of amides is 1. The van der Waals surface area contributed by atoms with E-state index in [0.717, 1.165) is 32.0 Å². The molecule has 4 nitrogen and oxygen atoms in total. The van der Waals surface area contributed by atoms with Crippen LogP contribution in [0.1, 0.15) is 16.9 Å². The monoisotopic (exact) mass is 586 g/mol. The molecular formula is C24H16Br2N2O2S2. The molecule has 1 aliphatic heterocycles. The lowest BCUT2D eigenvalue weighted by Crippen LogP contribution is -2.27. The van der Waals surface area contributed by atoms with Gasteiger partial charge in [-0.1, -0.05) is 68.0 Å². The van der Waals surface area contributed by atoms with E-state index in [4.69, 9.17) is 16.6 Å². The number of hydrogen-bond donors (Lipinski definition) is 0. The second kappa shape index (κ2) is 9.02. The van der Waals surface area contributed by atoms with Crippen LogP contribution in [0.4, 0.5) is 0 Å². The van der Waals surface area contributed by atoms with Crippen molar-refractivity contribution < 1.29 is 9.21 Å². The zero-order valence-corrected chi connectivity index (χ0v) is 21.4. The minimum Gasteiger partial charge on any atom is -0.467 e. The summed E-state index contributed by atoms with van der Waals surface area (Å²) in [5.74, 6) is 0.609. The van der Waals surface area contributed by atoms with Gasteiger partial charge in [0, 0.05) is 38.2 Å². The summed E-state index contributed by atoms with van der Waals surface area (Å²) in [4.78, 5) is 15.3. The molecule has 1 aliphatic rings. The van der Waals surface area contributed by atoms with Crippen LogP contribution in [0.3, 0.4) is 0 Å². The molecule has 2 aromatic carbocycles. The Bertz CT molecular complexity index is 1360. The number of thiocarbonyl (C=S) groups is 1. The number of fused-ring (bicyclic) bond motifs is 1. The fourth-order valence-electron chi connectivity index (χ4n) is 3.67. The van der Waals surface area contributed by atoms with Crippen LogP contribution in [0.2, 0.25) is 0 Å². The average molecular weight is 588 g/mol. The van der Waals surface area contributed by atoms with E-state index in [2.05, 4.69) is 66.9 Å². The van der Waals surface area contributed by atoms with Crippen LogP contribution in [0.15, 0.2) is 85.3 Å². The summed E-state index contributed by atoms with van der Waals surface area (Å²) in [7, 11) is 0. The highest BCUT2D eigenvalue weighted by molar-refractivity contribution is 9.10. The van der Waals surface area contributed by atoms with Crippen molar-refractivity contribution in [3.05, 3.63) is 97.8 Å². The molecule has 4 aromatic rings. The van der Waals surface area contributed by atoms with Crippen LogP contribution >= 0.6 is 55.8 Å². The highest BCUT2D eigenvalue weighted by Crippen LogP contribution is 2.36. The van der Waals surface area contributed by atoms with Crippen molar-refractivity contribution in [2.45, 2.75) is 13.1 Å². The van der Waals surface area contributed by atoms with Gasteiger partial charge in [-0.15, -0.1) is 0 Å². The van der Waals surface area contributed by atoms with Crippen LogP contribution < -0.4 is 0 Å². The molecule has 0 spiro atoms. The fraction of sp³-hybridized carbons (Fsp3) is 0.0833. The van der Waals surface area contributed by atoms with E-state index in [1.807, 2.05) is 30.3 Å². The van der Waals surface area contributed by atoms with Gasteiger partial charge in [0.1, 0.15) is 10.1 Å². The summed E-state index contributed by atoms with van der Waals surface area (Å²) in [6, 6.07) is 18.2. The zero-order valence-electron chi connectivity index (χ0n) is 16.6. The van der Waals surface area contributed by atoms with Crippen molar-refractivity contribution in [2.24, 2.45) is 0 Å². The first-order chi connectivity index (χ1) is 15.5. The van der Waals surface area contributed by atoms with Gasteiger partial charge in [-0.2, -0.15) is 0 Å². The maximum atomic E-state index is 13.1. The van der Waals surface area contributed by atoms with Crippen LogP contribution in [0.5, 0.6) is 0 Å². The quantitative estimate of drug-likeness (QED) is 0.183. The summed E-state index contributed by atoms with van der Waals surface area (Å²) < 4.78 is 10.2. The van der Waals surface area contributed by atoms with Gasteiger partial charge >= 0.3 is 0 Å². The number of aromatic nitrogens is 1. The van der Waals surface area contributed by atoms with Crippen LogP contribution in [0, 0.1) is 0 Å². The van der Waals surface area contributed by atoms with E-state index >= 15 is 0 Å². The third-order valence-corrected chi connectivity index (χ3v) is 7.59. The standard InChI is InChI=1S/C24H16Br2N2O2S2/c25-17-5-3-15(4-6-17)12-27-13-16(20-11-18(26)7-8-21(20)27)10-22-23(29)28(24(31)32-22)14-19-2-1-9-30-19/h1-11,13H,12,14H2/b22-10-. The van der Waals surface area contributed by atoms with Crippen molar-refractivity contribution in [1.29, 1.82) is 0 Å². The van der Waals surface area contributed by atoms with Crippen LogP contribution in [-0.4, -0.2) is 19.7 Å². The second-order valence-electron chi connectivity index (χ2n) is 7.35. The maximum Gasteiger partial charge on any atom is 0.266 e. The van der Waals surface area contributed by atoms with Gasteiger partial charge in [0.25, 0.3) is 5.91 Å². The molecular weight excluding hydrogens is 572 g/mol. The molecule has 0 saturated carbocycles. The summed E-state index contributed by atoms with van der Waals surface area (Å²) in [5.41, 5.74) is 3.29. The summed E-state index contributed by atoms with van der Waals surface area (Å²) >= 11 is 13.9. The Balaban J connectivity index is 1.50. The molecule has 0 radical (unpaired) electrons. The topological polar surface area (TPSA) is 38.4 Å². The molecule has 1 fully saturated rings. The van der Waals surface area contributed by atoms with Crippen LogP contribution in [0.25, 0.3) is 17.0 Å². The molecule has 0 atom stereocenters. The van der Waals surface area contributed by atoms with Crippen molar-refractivity contribution in [3.8, 4) is 0 Å². The molecule has 3 heterocycles. The predicted octanol–water partition coefficient (Wildman–Crippen LogP) is 7.21. The van der Waals surface area contributed by atoms with Gasteiger partial charge in [-0.05, 0) is 54.1 Å². The van der Waals surface area contributed by atoms with Gasteiger partial charge in [0.05, 0.1) is 17.7 Å². The number of halogens is 2. The molecule has 0 N–H and O–H groups in total. The normalized spacial score (nSPS) is 15.4. The molecule has 8 heteroatoms. The average Bonchev–Trinajstić information content (AvgIpc) is 3.46. The van der Waals surface area contributed by atoms with Gasteiger partial charge in [0.2, 0.25) is 0 Å². The Kier molecular flexibility index (Phi) is 6.11. The van der Waals surface area contributed by atoms with Crippen molar-refractivity contribution in [2.75, 3.05) is 0 Å². The van der Waals surface area contributed by atoms with Crippen LogP contribution in [-0.2, 0) is 17.9 Å². The molecule has 160 valence electrons. The molecule has 0 bridgehead atoms. The number of rotatable bonds is 5. The van der Waals surface area contributed by atoms with Gasteiger partial charge in [0.15, 0.2) is 0 Å². The van der Waals surface area contributed by atoms with Crippen molar-refractivity contribution in [1.82, 2.24) is 9.47 Å². The van der Waals surface area contributed by atoms with E-state index in [-0.39, 0.29) is 5.91 Å². The van der Waals surface area contributed by atoms with Crippen molar-refractivity contribution in [3.63, 3.8) is 0 Å². The number of nitrogens with zero attached hydrogens (tertiary/aromatic N) is 2. The second-order valence-corrected chi connectivity index (χ2v) is 10.9. The lowest BCUT2D eigenvalue weighted by molar-refractivity contribution is -0.122.